The zero-order chi connectivity index (χ0) is 10.4. The maximum Gasteiger partial charge on any atom is 0.107 e. The summed E-state index contributed by atoms with van der Waals surface area (Å²) in [6.45, 7) is 6.16. The molecular formula is C11H20N2O. The maximum absolute atomic E-state index is 5.35. The van der Waals surface area contributed by atoms with Crippen molar-refractivity contribution in [2.24, 2.45) is 0 Å². The molecule has 80 valence electrons. The molecule has 0 saturated heterocycles. The Labute approximate surface area is 85.9 Å². The molecule has 1 atom stereocenters. The molecule has 0 amide bonds. The fourth-order valence-electron chi connectivity index (χ4n) is 1.50. The number of aryl methyl sites for hydroxylation is 1. The fourth-order valence-corrected chi connectivity index (χ4v) is 1.50. The highest BCUT2D eigenvalue weighted by molar-refractivity contribution is 5.16. The lowest BCUT2D eigenvalue weighted by atomic mass is 10.2. The van der Waals surface area contributed by atoms with E-state index in [0.29, 0.717) is 6.04 Å². The van der Waals surface area contributed by atoms with Crippen LogP contribution in [0, 0.1) is 0 Å². The van der Waals surface area contributed by atoms with Crippen LogP contribution < -0.4 is 10.6 Å². The van der Waals surface area contributed by atoms with Crippen molar-refractivity contribution in [1.82, 2.24) is 10.6 Å². The minimum Gasteiger partial charge on any atom is -0.469 e. The second kappa shape index (κ2) is 5.83. The van der Waals surface area contributed by atoms with Crippen LogP contribution in [0.5, 0.6) is 0 Å². The van der Waals surface area contributed by atoms with Crippen LogP contribution in [-0.2, 0) is 13.0 Å². The standard InChI is InChI=1S/C11H20N2O/c1-4-11-10(5-6-14-11)8-13-9(2)7-12-3/h5-6,9,12-13H,4,7-8H2,1-3H3. The fraction of sp³-hybridized carbons (Fsp3) is 0.636. The first kappa shape index (κ1) is 11.3. The molecule has 0 aromatic carbocycles. The summed E-state index contributed by atoms with van der Waals surface area (Å²) >= 11 is 0. The molecule has 0 aliphatic carbocycles. The maximum atomic E-state index is 5.35. The van der Waals surface area contributed by atoms with Gasteiger partial charge < -0.3 is 15.1 Å². The molecular weight excluding hydrogens is 176 g/mol. The average Bonchev–Trinajstić information content (AvgIpc) is 2.62. The van der Waals surface area contributed by atoms with Gasteiger partial charge in [0.1, 0.15) is 5.76 Å². The van der Waals surface area contributed by atoms with E-state index < -0.39 is 0 Å². The summed E-state index contributed by atoms with van der Waals surface area (Å²) in [6, 6.07) is 2.53. The van der Waals surface area contributed by atoms with E-state index >= 15 is 0 Å². The summed E-state index contributed by atoms with van der Waals surface area (Å²) in [5.74, 6) is 1.09. The highest BCUT2D eigenvalue weighted by atomic mass is 16.3. The van der Waals surface area contributed by atoms with Gasteiger partial charge in [0.05, 0.1) is 6.26 Å². The largest absolute Gasteiger partial charge is 0.469 e. The molecule has 0 radical (unpaired) electrons. The highest BCUT2D eigenvalue weighted by Gasteiger charge is 2.05. The molecule has 1 unspecified atom stereocenters. The molecule has 1 rings (SSSR count). The Bertz CT molecular complexity index is 258. The third-order valence-corrected chi connectivity index (χ3v) is 2.31. The van der Waals surface area contributed by atoms with Gasteiger partial charge in [0.15, 0.2) is 0 Å². The predicted molar refractivity (Wildman–Crippen MR) is 58.3 cm³/mol. The van der Waals surface area contributed by atoms with Gasteiger partial charge in [-0.2, -0.15) is 0 Å². The minimum absolute atomic E-state index is 0.486. The molecule has 3 heteroatoms. The number of furan rings is 1. The Morgan fingerprint density at radius 1 is 1.50 bits per heavy atom. The SMILES string of the molecule is CCc1occc1CNC(C)CNC. The molecule has 0 aliphatic heterocycles. The van der Waals surface area contributed by atoms with Crippen molar-refractivity contribution < 1.29 is 4.42 Å². The van der Waals surface area contributed by atoms with Gasteiger partial charge in [-0.15, -0.1) is 0 Å². The van der Waals surface area contributed by atoms with E-state index in [-0.39, 0.29) is 0 Å². The van der Waals surface area contributed by atoms with E-state index in [0.717, 1.165) is 25.3 Å². The zero-order valence-corrected chi connectivity index (χ0v) is 9.26. The molecule has 0 fully saturated rings. The molecule has 1 heterocycles. The minimum atomic E-state index is 0.486. The quantitative estimate of drug-likeness (QED) is 0.724. The summed E-state index contributed by atoms with van der Waals surface area (Å²) in [4.78, 5) is 0. The van der Waals surface area contributed by atoms with Crippen molar-refractivity contribution in [1.29, 1.82) is 0 Å². The second-order valence-corrected chi connectivity index (χ2v) is 3.56. The molecule has 1 aromatic heterocycles. The van der Waals surface area contributed by atoms with Crippen LogP contribution in [0.3, 0.4) is 0 Å². The third-order valence-electron chi connectivity index (χ3n) is 2.31. The van der Waals surface area contributed by atoms with Gasteiger partial charge in [0, 0.05) is 31.1 Å². The zero-order valence-electron chi connectivity index (χ0n) is 9.26. The van der Waals surface area contributed by atoms with E-state index in [1.54, 1.807) is 6.26 Å². The Morgan fingerprint density at radius 2 is 2.29 bits per heavy atom. The molecule has 14 heavy (non-hydrogen) atoms. The lowest BCUT2D eigenvalue weighted by Gasteiger charge is -2.12. The first-order valence-corrected chi connectivity index (χ1v) is 5.21. The Hall–Kier alpha value is -0.800. The van der Waals surface area contributed by atoms with Crippen LogP contribution in [0.15, 0.2) is 16.7 Å². The van der Waals surface area contributed by atoms with E-state index in [1.165, 1.54) is 5.56 Å². The lowest BCUT2D eigenvalue weighted by Crippen LogP contribution is -2.34. The number of nitrogens with one attached hydrogen (secondary N) is 2. The van der Waals surface area contributed by atoms with Crippen molar-refractivity contribution in [2.45, 2.75) is 32.9 Å². The van der Waals surface area contributed by atoms with E-state index in [4.69, 9.17) is 4.42 Å². The summed E-state index contributed by atoms with van der Waals surface area (Å²) in [6.07, 6.45) is 2.73. The number of likely N-dealkylation sites (N-methyl/N-ethyl adjacent to an activating group) is 1. The predicted octanol–water partition coefficient (Wildman–Crippen LogP) is 1.54. The first-order valence-electron chi connectivity index (χ1n) is 5.21. The van der Waals surface area contributed by atoms with Crippen molar-refractivity contribution >= 4 is 0 Å². The van der Waals surface area contributed by atoms with Gasteiger partial charge in [-0.1, -0.05) is 6.92 Å². The lowest BCUT2D eigenvalue weighted by molar-refractivity contribution is 0.493. The molecule has 0 spiro atoms. The molecule has 0 bridgehead atoms. The van der Waals surface area contributed by atoms with E-state index in [1.807, 2.05) is 13.1 Å². The van der Waals surface area contributed by atoms with Gasteiger partial charge in [0.2, 0.25) is 0 Å². The summed E-state index contributed by atoms with van der Waals surface area (Å²) in [7, 11) is 1.97. The van der Waals surface area contributed by atoms with Gasteiger partial charge in [0.25, 0.3) is 0 Å². The van der Waals surface area contributed by atoms with E-state index in [2.05, 4.69) is 24.5 Å². The molecule has 3 nitrogen and oxygen atoms in total. The average molecular weight is 196 g/mol. The molecule has 1 aromatic rings. The van der Waals surface area contributed by atoms with Crippen LogP contribution in [0.4, 0.5) is 0 Å². The first-order chi connectivity index (χ1) is 6.77. The molecule has 2 N–H and O–H groups in total. The van der Waals surface area contributed by atoms with Crippen LogP contribution in [0.25, 0.3) is 0 Å². The third kappa shape index (κ3) is 3.16. The molecule has 0 aliphatic rings. The van der Waals surface area contributed by atoms with Crippen LogP contribution in [0.2, 0.25) is 0 Å². The summed E-state index contributed by atoms with van der Waals surface area (Å²) < 4.78 is 5.35. The van der Waals surface area contributed by atoms with E-state index in [9.17, 15) is 0 Å². The monoisotopic (exact) mass is 196 g/mol. The number of rotatable bonds is 6. The van der Waals surface area contributed by atoms with Crippen molar-refractivity contribution in [3.63, 3.8) is 0 Å². The van der Waals surface area contributed by atoms with Gasteiger partial charge in [-0.05, 0) is 20.0 Å². The topological polar surface area (TPSA) is 37.2 Å². The summed E-state index contributed by atoms with van der Waals surface area (Å²) in [5, 5.41) is 6.58. The van der Waals surface area contributed by atoms with Gasteiger partial charge in [-0.25, -0.2) is 0 Å². The number of hydrogen-bond acceptors (Lipinski definition) is 3. The van der Waals surface area contributed by atoms with Crippen molar-refractivity contribution in [2.75, 3.05) is 13.6 Å². The van der Waals surface area contributed by atoms with Gasteiger partial charge in [-0.3, -0.25) is 0 Å². The Balaban J connectivity index is 2.37. The van der Waals surface area contributed by atoms with Crippen LogP contribution in [0.1, 0.15) is 25.2 Å². The van der Waals surface area contributed by atoms with Crippen molar-refractivity contribution in [3.8, 4) is 0 Å². The second-order valence-electron chi connectivity index (χ2n) is 3.56. The summed E-state index contributed by atoms with van der Waals surface area (Å²) in [5.41, 5.74) is 1.27. The number of hydrogen-bond donors (Lipinski definition) is 2. The Morgan fingerprint density at radius 3 is 2.93 bits per heavy atom. The van der Waals surface area contributed by atoms with Crippen LogP contribution >= 0.6 is 0 Å². The highest BCUT2D eigenvalue weighted by Crippen LogP contribution is 2.10. The normalized spacial score (nSPS) is 13.1. The molecule has 0 saturated carbocycles. The Kier molecular flexibility index (Phi) is 4.70. The smallest absolute Gasteiger partial charge is 0.107 e. The van der Waals surface area contributed by atoms with Gasteiger partial charge >= 0.3 is 0 Å². The van der Waals surface area contributed by atoms with Crippen molar-refractivity contribution in [3.05, 3.63) is 23.7 Å². The van der Waals surface area contributed by atoms with Crippen LogP contribution in [-0.4, -0.2) is 19.6 Å².